The molecule has 3 aromatic rings. The van der Waals surface area contributed by atoms with Gasteiger partial charge in [0, 0.05) is 29.4 Å². The predicted octanol–water partition coefficient (Wildman–Crippen LogP) is 6.27. The zero-order valence-electron chi connectivity index (χ0n) is 29.0. The third-order valence-electron chi connectivity index (χ3n) is 10.0. The van der Waals surface area contributed by atoms with E-state index in [2.05, 4.69) is 29.4 Å². The number of carbonyl (C=O) groups excluding carboxylic acids is 3. The van der Waals surface area contributed by atoms with Crippen LogP contribution in [0.25, 0.3) is 28.2 Å². The van der Waals surface area contributed by atoms with E-state index in [0.717, 1.165) is 47.7 Å². The number of fused-ring (bicyclic) bond motifs is 3. The molecule has 3 amide bonds. The molecular formula is C40H46N4O7. The van der Waals surface area contributed by atoms with Gasteiger partial charge in [0.05, 0.1) is 24.4 Å². The topological polar surface area (TPSA) is 147 Å². The summed E-state index contributed by atoms with van der Waals surface area (Å²) in [6, 6.07) is 15.7. The van der Waals surface area contributed by atoms with Crippen molar-refractivity contribution in [1.82, 2.24) is 20.5 Å². The molecule has 0 spiro atoms. The molecule has 1 saturated heterocycles. The maximum atomic E-state index is 14.3. The van der Waals surface area contributed by atoms with Gasteiger partial charge in [0.25, 0.3) is 0 Å². The largest absolute Gasteiger partial charge is 0.488 e. The summed E-state index contributed by atoms with van der Waals surface area (Å²) in [4.78, 5) is 59.9. The number of amides is 3. The van der Waals surface area contributed by atoms with E-state index in [4.69, 9.17) is 14.5 Å². The molecule has 0 radical (unpaired) electrons. The van der Waals surface area contributed by atoms with E-state index in [0.29, 0.717) is 30.7 Å². The fraction of sp³-hybridized carbons (Fsp3) is 0.425. The maximum Gasteiger partial charge on any atom is 0.407 e. The molecule has 6 rings (SSSR count). The Hall–Kier alpha value is -5.19. The summed E-state index contributed by atoms with van der Waals surface area (Å²) in [6.45, 7) is 5.99. The molecule has 268 valence electrons. The van der Waals surface area contributed by atoms with Gasteiger partial charge in [0.1, 0.15) is 29.5 Å². The van der Waals surface area contributed by atoms with Gasteiger partial charge < -0.3 is 30.1 Å². The molecule has 1 saturated carbocycles. The van der Waals surface area contributed by atoms with E-state index in [-0.39, 0.29) is 26.0 Å². The lowest BCUT2D eigenvalue weighted by Crippen LogP contribution is -2.56. The molecule has 3 aliphatic rings. The van der Waals surface area contributed by atoms with Crippen molar-refractivity contribution >= 4 is 40.9 Å². The van der Waals surface area contributed by atoms with Crippen molar-refractivity contribution in [3.63, 3.8) is 0 Å². The van der Waals surface area contributed by atoms with E-state index in [9.17, 15) is 24.3 Å². The number of hydrogen-bond acceptors (Lipinski definition) is 7. The lowest BCUT2D eigenvalue weighted by molar-refractivity contribution is -0.145. The summed E-state index contributed by atoms with van der Waals surface area (Å²) in [6.07, 6.45) is 9.88. The highest BCUT2D eigenvalue weighted by Gasteiger charge is 2.61. The average Bonchev–Trinajstić information content (AvgIpc) is 3.70. The van der Waals surface area contributed by atoms with Crippen molar-refractivity contribution in [3.8, 4) is 17.0 Å². The number of pyridine rings is 1. The smallest absolute Gasteiger partial charge is 0.407 e. The van der Waals surface area contributed by atoms with Gasteiger partial charge in [0.2, 0.25) is 11.8 Å². The SMILES string of the molecule is C=C[C@@H]1C[C@]1(NC(=O)[C@@H]1C[C@@H]2CN1C(=O)[C@H](CCCC)NC(=O)OCCCCCC=Cc1ccc3nc(-c4ccccc4)cc(c3c1)O2)C(=O)O. The van der Waals surface area contributed by atoms with Crippen LogP contribution in [0.5, 0.6) is 5.75 Å². The fourth-order valence-electron chi connectivity index (χ4n) is 7.02. The van der Waals surface area contributed by atoms with E-state index in [1.54, 1.807) is 0 Å². The first-order chi connectivity index (χ1) is 24.7. The van der Waals surface area contributed by atoms with Crippen molar-refractivity contribution in [3.05, 3.63) is 78.9 Å². The van der Waals surface area contributed by atoms with Crippen LogP contribution in [0.2, 0.25) is 0 Å². The minimum Gasteiger partial charge on any atom is -0.488 e. The van der Waals surface area contributed by atoms with Crippen LogP contribution in [0.1, 0.15) is 70.3 Å². The minimum atomic E-state index is -1.48. The number of carboxylic acids is 1. The zero-order chi connectivity index (χ0) is 36.0. The molecule has 4 bridgehead atoms. The first-order valence-corrected chi connectivity index (χ1v) is 18.0. The molecule has 2 aromatic carbocycles. The van der Waals surface area contributed by atoms with E-state index < -0.39 is 53.5 Å². The standard InChI is InChI=1S/C40H46N4O7/c1-3-5-17-32-37(46)44-25-29(22-34(44)36(45)43-40(38(47)48)24-28(40)4-2)51-35-23-33(27-15-11-9-12-16-27)41-31-19-18-26(21-30(31)35)14-10-7-6-8-13-20-50-39(49)42-32/h4,9-12,14-16,18-19,21,23,28-29,32,34H,2-3,5-8,13,17,20,22,24-25H2,1H3,(H,42,49)(H,43,45)(H,47,48)/t28-,29-,32+,34+,40-/m1/s1. The molecule has 1 aliphatic carbocycles. The molecule has 3 heterocycles. The number of aliphatic carboxylic acids is 1. The van der Waals surface area contributed by atoms with Gasteiger partial charge in [-0.2, -0.15) is 0 Å². The van der Waals surface area contributed by atoms with Crippen LogP contribution in [0.15, 0.2) is 73.3 Å². The number of ether oxygens (including phenoxy) is 2. The van der Waals surface area contributed by atoms with Gasteiger partial charge in [-0.05, 0) is 56.2 Å². The first kappa shape index (κ1) is 35.6. The van der Waals surface area contributed by atoms with Crippen LogP contribution in [0.4, 0.5) is 4.79 Å². The van der Waals surface area contributed by atoms with Crippen molar-refractivity contribution < 1.29 is 33.8 Å². The Morgan fingerprint density at radius 1 is 1.14 bits per heavy atom. The van der Waals surface area contributed by atoms with Gasteiger partial charge in [-0.1, -0.05) is 74.4 Å². The number of rotatable bonds is 8. The Labute approximate surface area is 298 Å². The average molecular weight is 695 g/mol. The number of allylic oxidation sites excluding steroid dienone is 1. The summed E-state index contributed by atoms with van der Waals surface area (Å²) < 4.78 is 12.2. The van der Waals surface area contributed by atoms with Crippen LogP contribution >= 0.6 is 0 Å². The van der Waals surface area contributed by atoms with Crippen LogP contribution in [-0.2, 0) is 19.1 Å². The Bertz CT molecular complexity index is 1810. The molecule has 1 aromatic heterocycles. The lowest BCUT2D eigenvalue weighted by atomic mass is 10.1. The quantitative estimate of drug-likeness (QED) is 0.234. The summed E-state index contributed by atoms with van der Waals surface area (Å²) >= 11 is 0. The number of nitrogens with one attached hydrogen (secondary N) is 2. The predicted molar refractivity (Wildman–Crippen MR) is 194 cm³/mol. The fourth-order valence-corrected chi connectivity index (χ4v) is 7.02. The van der Waals surface area contributed by atoms with Gasteiger partial charge in [-0.15, -0.1) is 6.58 Å². The molecule has 3 N–H and O–H groups in total. The second-order valence-corrected chi connectivity index (χ2v) is 13.7. The molecule has 0 unspecified atom stereocenters. The number of nitrogens with zero attached hydrogens (tertiary/aromatic N) is 2. The summed E-state index contributed by atoms with van der Waals surface area (Å²) in [5.41, 5.74) is 1.87. The van der Waals surface area contributed by atoms with E-state index in [1.165, 1.54) is 11.0 Å². The number of carboxylic acid groups (broad SMARTS) is 1. The van der Waals surface area contributed by atoms with Crippen LogP contribution in [-0.4, -0.2) is 75.7 Å². The lowest BCUT2D eigenvalue weighted by Gasteiger charge is -2.29. The highest BCUT2D eigenvalue weighted by molar-refractivity contribution is 5.96. The second kappa shape index (κ2) is 15.8. The third-order valence-corrected chi connectivity index (χ3v) is 10.0. The van der Waals surface area contributed by atoms with Crippen LogP contribution in [0, 0.1) is 5.92 Å². The third kappa shape index (κ3) is 8.08. The summed E-state index contributed by atoms with van der Waals surface area (Å²) in [5.74, 6) is -2.06. The van der Waals surface area contributed by atoms with Crippen molar-refractivity contribution in [1.29, 1.82) is 0 Å². The Morgan fingerprint density at radius 2 is 1.96 bits per heavy atom. The zero-order valence-corrected chi connectivity index (χ0v) is 29.0. The molecule has 2 fully saturated rings. The van der Waals surface area contributed by atoms with Crippen molar-refractivity contribution in [2.45, 2.75) is 88.4 Å². The Balaban J connectivity index is 1.39. The summed E-state index contributed by atoms with van der Waals surface area (Å²) in [5, 5.41) is 16.3. The Kier molecular flexibility index (Phi) is 11.0. The number of aromatic nitrogens is 1. The number of unbranched alkanes of at least 4 members (excludes halogenated alkanes) is 1. The second-order valence-electron chi connectivity index (χ2n) is 13.7. The van der Waals surface area contributed by atoms with Crippen molar-refractivity contribution in [2.24, 2.45) is 5.92 Å². The number of alkyl carbamates (subject to hydrolysis) is 1. The highest BCUT2D eigenvalue weighted by Crippen LogP contribution is 2.45. The van der Waals surface area contributed by atoms with E-state index >= 15 is 0 Å². The van der Waals surface area contributed by atoms with Gasteiger partial charge >= 0.3 is 12.1 Å². The first-order valence-electron chi connectivity index (χ1n) is 18.0. The van der Waals surface area contributed by atoms with Crippen molar-refractivity contribution in [2.75, 3.05) is 13.2 Å². The van der Waals surface area contributed by atoms with Crippen LogP contribution < -0.4 is 15.4 Å². The number of cyclic esters (lactones) is 1. The highest BCUT2D eigenvalue weighted by atomic mass is 16.5. The maximum absolute atomic E-state index is 14.3. The normalized spacial score (nSPS) is 25.4. The van der Waals surface area contributed by atoms with Crippen LogP contribution in [0.3, 0.4) is 0 Å². The van der Waals surface area contributed by atoms with Gasteiger partial charge in [0.15, 0.2) is 0 Å². The molecule has 11 nitrogen and oxygen atoms in total. The molecule has 51 heavy (non-hydrogen) atoms. The Morgan fingerprint density at radius 3 is 2.71 bits per heavy atom. The minimum absolute atomic E-state index is 0.0469. The molecule has 5 atom stereocenters. The monoisotopic (exact) mass is 694 g/mol. The van der Waals surface area contributed by atoms with E-state index in [1.807, 2.05) is 61.5 Å². The number of benzene rings is 2. The molecular weight excluding hydrogens is 648 g/mol. The summed E-state index contributed by atoms with van der Waals surface area (Å²) in [7, 11) is 0. The molecule has 2 aliphatic heterocycles. The molecule has 11 heteroatoms. The van der Waals surface area contributed by atoms with Gasteiger partial charge in [-0.3, -0.25) is 9.59 Å². The van der Waals surface area contributed by atoms with Gasteiger partial charge in [-0.25, -0.2) is 14.6 Å². The number of hydrogen-bond donors (Lipinski definition) is 3. The number of carbonyl (C=O) groups is 4.